The van der Waals surface area contributed by atoms with Crippen molar-refractivity contribution < 1.29 is 9.47 Å². The second kappa shape index (κ2) is 10.2. The summed E-state index contributed by atoms with van der Waals surface area (Å²) < 4.78 is 12.6. The summed E-state index contributed by atoms with van der Waals surface area (Å²) >= 11 is 0. The molecule has 0 radical (unpaired) electrons. The Kier molecular flexibility index (Phi) is 6.71. The van der Waals surface area contributed by atoms with Crippen LogP contribution in [0.4, 0.5) is 0 Å². The Hall–Kier alpha value is -2.82. The molecule has 4 nitrogen and oxygen atoms in total. The highest BCUT2D eigenvalue weighted by Gasteiger charge is 2.32. The molecule has 0 amide bonds. The zero-order chi connectivity index (χ0) is 21.6. The Labute approximate surface area is 191 Å². The second-order valence-electron chi connectivity index (χ2n) is 8.81. The Bertz CT molecular complexity index is 981. The molecule has 166 valence electrons. The zero-order valence-corrected chi connectivity index (χ0v) is 18.6. The first kappa shape index (κ1) is 21.0. The maximum atomic E-state index is 6.37. The summed E-state index contributed by atoms with van der Waals surface area (Å²) in [6, 6.07) is 26.9. The number of hydrogen-bond donors (Lipinski definition) is 1. The predicted molar refractivity (Wildman–Crippen MR) is 129 cm³/mol. The van der Waals surface area contributed by atoms with Crippen LogP contribution in [0.3, 0.4) is 0 Å². The zero-order valence-electron chi connectivity index (χ0n) is 18.6. The van der Waals surface area contributed by atoms with Crippen LogP contribution in [0.15, 0.2) is 78.9 Å². The van der Waals surface area contributed by atoms with Crippen molar-refractivity contribution in [2.24, 2.45) is 5.92 Å². The SMILES string of the molecule is c1ccc(Oc2ccc([C@H](C3CCCC3)N3CCNCC3)cc2Oc2ccccc2)cc1. The fraction of sp³-hybridized carbons (Fsp3) is 0.357. The van der Waals surface area contributed by atoms with Gasteiger partial charge in [0.15, 0.2) is 11.5 Å². The smallest absolute Gasteiger partial charge is 0.170 e. The lowest BCUT2D eigenvalue weighted by atomic mass is 9.89. The van der Waals surface area contributed by atoms with E-state index >= 15 is 0 Å². The molecular weight excluding hydrogens is 396 g/mol. The molecule has 4 heteroatoms. The van der Waals surface area contributed by atoms with Gasteiger partial charge in [-0.1, -0.05) is 55.3 Å². The minimum Gasteiger partial charge on any atom is -0.453 e. The molecule has 1 heterocycles. The van der Waals surface area contributed by atoms with Crippen LogP contribution in [0.25, 0.3) is 0 Å². The molecule has 32 heavy (non-hydrogen) atoms. The van der Waals surface area contributed by atoms with Crippen molar-refractivity contribution in [1.29, 1.82) is 0 Å². The van der Waals surface area contributed by atoms with Crippen LogP contribution >= 0.6 is 0 Å². The van der Waals surface area contributed by atoms with Crippen molar-refractivity contribution >= 4 is 0 Å². The molecule has 0 bridgehead atoms. The van der Waals surface area contributed by atoms with E-state index in [0.29, 0.717) is 12.0 Å². The van der Waals surface area contributed by atoms with E-state index in [2.05, 4.69) is 28.4 Å². The van der Waals surface area contributed by atoms with E-state index in [9.17, 15) is 0 Å². The minimum atomic E-state index is 0.434. The van der Waals surface area contributed by atoms with E-state index in [4.69, 9.17) is 9.47 Å². The number of para-hydroxylation sites is 2. The summed E-state index contributed by atoms with van der Waals surface area (Å²) in [4.78, 5) is 2.67. The molecular formula is C28H32N2O2. The molecule has 0 unspecified atom stereocenters. The van der Waals surface area contributed by atoms with Gasteiger partial charge in [0, 0.05) is 32.2 Å². The maximum absolute atomic E-state index is 6.37. The number of benzene rings is 3. The lowest BCUT2D eigenvalue weighted by molar-refractivity contribution is 0.125. The number of nitrogens with zero attached hydrogens (tertiary/aromatic N) is 1. The maximum Gasteiger partial charge on any atom is 0.170 e. The van der Waals surface area contributed by atoms with E-state index < -0.39 is 0 Å². The van der Waals surface area contributed by atoms with E-state index in [1.807, 2.05) is 60.7 Å². The van der Waals surface area contributed by atoms with E-state index in [-0.39, 0.29) is 0 Å². The van der Waals surface area contributed by atoms with Gasteiger partial charge in [0.25, 0.3) is 0 Å². The molecule has 1 aliphatic heterocycles. The van der Waals surface area contributed by atoms with Gasteiger partial charge >= 0.3 is 0 Å². The van der Waals surface area contributed by atoms with Gasteiger partial charge < -0.3 is 14.8 Å². The summed E-state index contributed by atoms with van der Waals surface area (Å²) in [5.41, 5.74) is 1.34. The van der Waals surface area contributed by atoms with Crippen LogP contribution in [-0.2, 0) is 0 Å². The Morgan fingerprint density at radius 1 is 0.719 bits per heavy atom. The lowest BCUT2D eigenvalue weighted by Gasteiger charge is -2.39. The summed E-state index contributed by atoms with van der Waals surface area (Å²) in [6.07, 6.45) is 5.31. The van der Waals surface area contributed by atoms with Gasteiger partial charge in [-0.15, -0.1) is 0 Å². The van der Waals surface area contributed by atoms with Crippen molar-refractivity contribution in [3.8, 4) is 23.0 Å². The Balaban J connectivity index is 1.50. The van der Waals surface area contributed by atoms with Crippen LogP contribution in [0.1, 0.15) is 37.3 Å². The largest absolute Gasteiger partial charge is 0.453 e. The van der Waals surface area contributed by atoms with Gasteiger partial charge in [-0.3, -0.25) is 4.90 Å². The third-order valence-corrected chi connectivity index (χ3v) is 6.64. The highest BCUT2D eigenvalue weighted by molar-refractivity contribution is 5.48. The molecule has 2 fully saturated rings. The van der Waals surface area contributed by atoms with Gasteiger partial charge in [-0.2, -0.15) is 0 Å². The highest BCUT2D eigenvalue weighted by atomic mass is 16.5. The number of rotatable bonds is 7. The van der Waals surface area contributed by atoms with Crippen LogP contribution in [-0.4, -0.2) is 31.1 Å². The first-order valence-corrected chi connectivity index (χ1v) is 11.9. The highest BCUT2D eigenvalue weighted by Crippen LogP contribution is 2.43. The monoisotopic (exact) mass is 428 g/mol. The molecule has 1 atom stereocenters. The standard InChI is InChI=1S/C28H32N2O2/c1-3-11-24(12-4-1)31-26-16-15-23(21-27(26)32-25-13-5-2-6-14-25)28(22-9-7-8-10-22)30-19-17-29-18-20-30/h1-6,11-16,21-22,28-29H,7-10,17-20H2/t28-/m0/s1. The van der Waals surface area contributed by atoms with Crippen LogP contribution in [0.5, 0.6) is 23.0 Å². The summed E-state index contributed by atoms with van der Waals surface area (Å²) in [5.74, 6) is 3.86. The van der Waals surface area contributed by atoms with Crippen molar-refractivity contribution in [2.75, 3.05) is 26.2 Å². The number of hydrogen-bond acceptors (Lipinski definition) is 4. The number of piperazine rings is 1. The van der Waals surface area contributed by atoms with Gasteiger partial charge in [-0.25, -0.2) is 0 Å². The normalized spacial score (nSPS) is 18.4. The average Bonchev–Trinajstić information content (AvgIpc) is 3.37. The molecule has 5 rings (SSSR count). The predicted octanol–water partition coefficient (Wildman–Crippen LogP) is 6.41. The van der Waals surface area contributed by atoms with Gasteiger partial charge in [0.2, 0.25) is 0 Å². The van der Waals surface area contributed by atoms with E-state index in [0.717, 1.165) is 49.2 Å². The van der Waals surface area contributed by atoms with Crippen LogP contribution in [0.2, 0.25) is 0 Å². The third kappa shape index (κ3) is 4.98. The second-order valence-corrected chi connectivity index (χ2v) is 8.81. The average molecular weight is 429 g/mol. The number of ether oxygens (including phenoxy) is 2. The Morgan fingerprint density at radius 3 is 1.94 bits per heavy atom. The summed E-state index contributed by atoms with van der Waals surface area (Å²) in [5, 5.41) is 3.51. The molecule has 1 N–H and O–H groups in total. The molecule has 0 spiro atoms. The molecule has 1 aliphatic carbocycles. The van der Waals surface area contributed by atoms with Crippen LogP contribution < -0.4 is 14.8 Å². The Morgan fingerprint density at radius 2 is 1.31 bits per heavy atom. The van der Waals surface area contributed by atoms with E-state index in [1.54, 1.807) is 0 Å². The third-order valence-electron chi connectivity index (χ3n) is 6.64. The minimum absolute atomic E-state index is 0.434. The molecule has 1 saturated carbocycles. The van der Waals surface area contributed by atoms with Crippen molar-refractivity contribution in [3.05, 3.63) is 84.4 Å². The first-order valence-electron chi connectivity index (χ1n) is 11.9. The fourth-order valence-corrected chi connectivity index (χ4v) is 5.12. The van der Waals surface area contributed by atoms with Crippen molar-refractivity contribution in [1.82, 2.24) is 10.2 Å². The van der Waals surface area contributed by atoms with Crippen molar-refractivity contribution in [2.45, 2.75) is 31.7 Å². The van der Waals surface area contributed by atoms with Gasteiger partial charge in [-0.05, 0) is 60.7 Å². The molecule has 3 aromatic carbocycles. The van der Waals surface area contributed by atoms with E-state index in [1.165, 1.54) is 31.2 Å². The van der Waals surface area contributed by atoms with Gasteiger partial charge in [0.05, 0.1) is 0 Å². The molecule has 0 aromatic heterocycles. The summed E-state index contributed by atoms with van der Waals surface area (Å²) in [7, 11) is 0. The number of nitrogens with one attached hydrogen (secondary N) is 1. The van der Waals surface area contributed by atoms with Gasteiger partial charge in [0.1, 0.15) is 11.5 Å². The first-order chi connectivity index (χ1) is 15.9. The molecule has 1 saturated heterocycles. The van der Waals surface area contributed by atoms with Crippen LogP contribution in [0, 0.1) is 5.92 Å². The molecule has 3 aromatic rings. The van der Waals surface area contributed by atoms with Crippen molar-refractivity contribution in [3.63, 3.8) is 0 Å². The topological polar surface area (TPSA) is 33.7 Å². The fourth-order valence-electron chi connectivity index (χ4n) is 5.12. The lowest BCUT2D eigenvalue weighted by Crippen LogP contribution is -2.46. The summed E-state index contributed by atoms with van der Waals surface area (Å²) in [6.45, 7) is 4.31. The quantitative estimate of drug-likeness (QED) is 0.472. The molecule has 2 aliphatic rings.